The molecule has 15 heavy (non-hydrogen) atoms. The minimum Gasteiger partial charge on any atom is -0.385 e. The fourth-order valence-corrected chi connectivity index (χ4v) is 1.27. The third-order valence-corrected chi connectivity index (χ3v) is 2.34. The fourth-order valence-electron chi connectivity index (χ4n) is 1.27. The van der Waals surface area contributed by atoms with Crippen LogP contribution < -0.4 is 0 Å². The average Bonchev–Trinajstić information content (AvgIpc) is 2.19. The van der Waals surface area contributed by atoms with E-state index in [1.54, 1.807) is 20.8 Å². The Kier molecular flexibility index (Phi) is 3.58. The summed E-state index contributed by atoms with van der Waals surface area (Å²) in [7, 11) is 0. The van der Waals surface area contributed by atoms with Gasteiger partial charge < -0.3 is 5.11 Å². The third kappa shape index (κ3) is 2.63. The molecule has 1 aromatic rings. The molecule has 1 atom stereocenters. The Bertz CT molecular complexity index is 372. The minimum atomic E-state index is -1.02. The van der Waals surface area contributed by atoms with Gasteiger partial charge in [-0.05, 0) is 36.6 Å². The lowest BCUT2D eigenvalue weighted by Crippen LogP contribution is -2.26. The van der Waals surface area contributed by atoms with Crippen molar-refractivity contribution < 1.29 is 14.3 Å². The van der Waals surface area contributed by atoms with Crippen molar-refractivity contribution in [1.29, 1.82) is 0 Å². The number of hydrogen-bond donors (Lipinski definition) is 1. The minimum absolute atomic E-state index is 0.136. The standard InChI is InChI=1S/C12H15FO2/c1-7(2)11(14)12(15)9-4-5-10(13)8(3)6-9/h4-7,11,14H,1-3H3. The SMILES string of the molecule is Cc1cc(C(=O)C(O)C(C)C)ccc1F. The summed E-state index contributed by atoms with van der Waals surface area (Å²) in [6.07, 6.45) is -1.02. The zero-order valence-corrected chi connectivity index (χ0v) is 9.12. The third-order valence-electron chi connectivity index (χ3n) is 2.34. The molecule has 0 aliphatic heterocycles. The molecule has 0 radical (unpaired) electrons. The zero-order chi connectivity index (χ0) is 11.6. The summed E-state index contributed by atoms with van der Waals surface area (Å²) in [5, 5.41) is 9.57. The summed E-state index contributed by atoms with van der Waals surface area (Å²) in [6, 6.07) is 4.11. The molecule has 0 spiro atoms. The van der Waals surface area contributed by atoms with Gasteiger partial charge in [0.2, 0.25) is 0 Å². The summed E-state index contributed by atoms with van der Waals surface area (Å²) in [5.74, 6) is -0.832. The Hall–Kier alpha value is -1.22. The number of benzene rings is 1. The number of carbonyl (C=O) groups excluding carboxylic acids is 1. The van der Waals surface area contributed by atoms with Crippen LogP contribution in [0.25, 0.3) is 0 Å². The predicted octanol–water partition coefficient (Wildman–Crippen LogP) is 2.33. The molecule has 0 amide bonds. The average molecular weight is 210 g/mol. The molecule has 0 fully saturated rings. The van der Waals surface area contributed by atoms with E-state index in [1.165, 1.54) is 18.2 Å². The van der Waals surface area contributed by atoms with Gasteiger partial charge in [-0.1, -0.05) is 13.8 Å². The van der Waals surface area contributed by atoms with Crippen molar-refractivity contribution in [3.63, 3.8) is 0 Å². The molecule has 1 N–H and O–H groups in total. The lowest BCUT2D eigenvalue weighted by Gasteiger charge is -2.13. The molecule has 1 unspecified atom stereocenters. The van der Waals surface area contributed by atoms with Crippen molar-refractivity contribution in [2.45, 2.75) is 26.9 Å². The Labute approximate surface area is 88.7 Å². The molecule has 0 aromatic heterocycles. The number of carbonyl (C=O) groups is 1. The van der Waals surface area contributed by atoms with E-state index in [0.29, 0.717) is 11.1 Å². The summed E-state index contributed by atoms with van der Waals surface area (Å²) in [4.78, 5) is 11.7. The molecule has 0 heterocycles. The Balaban J connectivity index is 2.97. The van der Waals surface area contributed by atoms with Gasteiger partial charge in [0.05, 0.1) is 0 Å². The molecule has 1 aromatic carbocycles. The summed E-state index contributed by atoms with van der Waals surface area (Å²) >= 11 is 0. The highest BCUT2D eigenvalue weighted by molar-refractivity contribution is 5.99. The van der Waals surface area contributed by atoms with Crippen LogP contribution in [0.5, 0.6) is 0 Å². The molecule has 3 heteroatoms. The second kappa shape index (κ2) is 4.53. The van der Waals surface area contributed by atoms with Gasteiger partial charge >= 0.3 is 0 Å². The number of aliphatic hydroxyl groups is 1. The van der Waals surface area contributed by atoms with Crippen molar-refractivity contribution >= 4 is 5.78 Å². The highest BCUT2D eigenvalue weighted by atomic mass is 19.1. The van der Waals surface area contributed by atoms with E-state index < -0.39 is 6.10 Å². The van der Waals surface area contributed by atoms with Crippen LogP contribution in [0, 0.1) is 18.7 Å². The molecular weight excluding hydrogens is 195 g/mol. The second-order valence-corrected chi connectivity index (χ2v) is 4.02. The Morgan fingerprint density at radius 1 is 1.40 bits per heavy atom. The van der Waals surface area contributed by atoms with E-state index in [1.807, 2.05) is 0 Å². The monoisotopic (exact) mass is 210 g/mol. The van der Waals surface area contributed by atoms with Crippen molar-refractivity contribution in [3.8, 4) is 0 Å². The summed E-state index contributed by atoms with van der Waals surface area (Å²) < 4.78 is 12.9. The van der Waals surface area contributed by atoms with Gasteiger partial charge in [0, 0.05) is 5.56 Å². The number of rotatable bonds is 3. The maximum Gasteiger partial charge on any atom is 0.191 e. The number of Topliss-reactive ketones (excluding diaryl/α,β-unsaturated/α-hetero) is 1. The largest absolute Gasteiger partial charge is 0.385 e. The molecule has 0 saturated carbocycles. The van der Waals surface area contributed by atoms with Crippen LogP contribution in [0.1, 0.15) is 29.8 Å². The first-order valence-electron chi connectivity index (χ1n) is 4.92. The van der Waals surface area contributed by atoms with Crippen LogP contribution in [0.4, 0.5) is 4.39 Å². The number of ketones is 1. The van der Waals surface area contributed by atoms with Gasteiger partial charge in [0.25, 0.3) is 0 Å². The van der Waals surface area contributed by atoms with Crippen LogP contribution in [0.3, 0.4) is 0 Å². The number of aryl methyl sites for hydroxylation is 1. The normalized spacial score (nSPS) is 12.9. The maximum absolute atomic E-state index is 12.9. The van der Waals surface area contributed by atoms with Crippen LogP contribution in [-0.4, -0.2) is 17.0 Å². The highest BCUT2D eigenvalue weighted by Crippen LogP contribution is 2.14. The van der Waals surface area contributed by atoms with Crippen LogP contribution in [0.2, 0.25) is 0 Å². The lowest BCUT2D eigenvalue weighted by molar-refractivity contribution is 0.0648. The highest BCUT2D eigenvalue weighted by Gasteiger charge is 2.20. The van der Waals surface area contributed by atoms with E-state index in [4.69, 9.17) is 0 Å². The van der Waals surface area contributed by atoms with E-state index in [2.05, 4.69) is 0 Å². The predicted molar refractivity (Wildman–Crippen MR) is 56.3 cm³/mol. The zero-order valence-electron chi connectivity index (χ0n) is 9.12. The van der Waals surface area contributed by atoms with Crippen molar-refractivity contribution in [1.82, 2.24) is 0 Å². The molecule has 0 aliphatic carbocycles. The summed E-state index contributed by atoms with van der Waals surface area (Å²) in [5.41, 5.74) is 0.770. The number of aliphatic hydroxyl groups excluding tert-OH is 1. The molecule has 82 valence electrons. The lowest BCUT2D eigenvalue weighted by atomic mass is 9.97. The van der Waals surface area contributed by atoms with E-state index in [9.17, 15) is 14.3 Å². The molecular formula is C12H15FO2. The van der Waals surface area contributed by atoms with Gasteiger partial charge in [-0.25, -0.2) is 4.39 Å². The first-order valence-corrected chi connectivity index (χ1v) is 4.92. The second-order valence-electron chi connectivity index (χ2n) is 4.02. The van der Waals surface area contributed by atoms with Crippen molar-refractivity contribution in [2.24, 2.45) is 5.92 Å². The molecule has 0 saturated heterocycles. The van der Waals surface area contributed by atoms with Gasteiger partial charge in [-0.15, -0.1) is 0 Å². The summed E-state index contributed by atoms with van der Waals surface area (Å²) in [6.45, 7) is 5.12. The Morgan fingerprint density at radius 2 is 2.00 bits per heavy atom. The number of halogens is 1. The molecule has 0 aliphatic rings. The van der Waals surface area contributed by atoms with Crippen molar-refractivity contribution in [2.75, 3.05) is 0 Å². The smallest absolute Gasteiger partial charge is 0.191 e. The molecule has 0 bridgehead atoms. The van der Waals surface area contributed by atoms with Gasteiger partial charge in [0.1, 0.15) is 11.9 Å². The van der Waals surface area contributed by atoms with Gasteiger partial charge in [-0.3, -0.25) is 4.79 Å². The van der Waals surface area contributed by atoms with Crippen LogP contribution in [0.15, 0.2) is 18.2 Å². The van der Waals surface area contributed by atoms with Crippen molar-refractivity contribution in [3.05, 3.63) is 35.1 Å². The van der Waals surface area contributed by atoms with Gasteiger partial charge in [-0.2, -0.15) is 0 Å². The van der Waals surface area contributed by atoms with Crippen LogP contribution in [-0.2, 0) is 0 Å². The first-order chi connectivity index (χ1) is 6.93. The topological polar surface area (TPSA) is 37.3 Å². The van der Waals surface area contributed by atoms with E-state index >= 15 is 0 Å². The van der Waals surface area contributed by atoms with Crippen LogP contribution >= 0.6 is 0 Å². The maximum atomic E-state index is 12.9. The first kappa shape index (κ1) is 11.9. The molecule has 1 rings (SSSR count). The fraction of sp³-hybridized carbons (Fsp3) is 0.417. The van der Waals surface area contributed by atoms with E-state index in [0.717, 1.165) is 0 Å². The van der Waals surface area contributed by atoms with Gasteiger partial charge in [0.15, 0.2) is 5.78 Å². The van der Waals surface area contributed by atoms with E-state index in [-0.39, 0.29) is 17.5 Å². The number of hydrogen-bond acceptors (Lipinski definition) is 2. The Morgan fingerprint density at radius 3 is 2.47 bits per heavy atom. The molecule has 2 nitrogen and oxygen atoms in total. The quantitative estimate of drug-likeness (QED) is 0.777.